The van der Waals surface area contributed by atoms with Crippen molar-refractivity contribution in [1.82, 2.24) is 9.97 Å². The highest BCUT2D eigenvalue weighted by molar-refractivity contribution is 9.11. The van der Waals surface area contributed by atoms with E-state index in [4.69, 9.17) is 10.8 Å². The Bertz CT molecular complexity index is 747. The van der Waals surface area contributed by atoms with E-state index in [-0.39, 0.29) is 0 Å². The molecular formula is C11H4Br2F5N3O2. The maximum Gasteiger partial charge on any atom is 0.341 e. The van der Waals surface area contributed by atoms with Gasteiger partial charge in [-0.15, -0.1) is 0 Å². The molecule has 0 radical (unpaired) electrons. The molecular weight excluding hydrogens is 461 g/mol. The fourth-order valence-electron chi connectivity index (χ4n) is 1.15. The van der Waals surface area contributed by atoms with Crippen molar-refractivity contribution in [1.29, 1.82) is 0 Å². The van der Waals surface area contributed by atoms with Gasteiger partial charge in [0.15, 0.2) is 29.1 Å². The first-order valence-electron chi connectivity index (χ1n) is 5.26. The van der Waals surface area contributed by atoms with Gasteiger partial charge in [-0.05, 0) is 31.9 Å². The molecule has 0 amide bonds. The van der Waals surface area contributed by atoms with Gasteiger partial charge < -0.3 is 10.8 Å². The molecule has 2 rings (SSSR count). The molecule has 0 fully saturated rings. The van der Waals surface area contributed by atoms with E-state index in [1.54, 1.807) is 6.20 Å². The van der Waals surface area contributed by atoms with Gasteiger partial charge in [0.2, 0.25) is 5.82 Å². The summed E-state index contributed by atoms with van der Waals surface area (Å²) in [7, 11) is 0. The summed E-state index contributed by atoms with van der Waals surface area (Å²) in [6.45, 7) is 0. The SMILES string of the molecule is Nc1ncc(Br)nc1Br.O=C(O)c1c(F)c(F)c(F)c(F)c1F. The number of rotatable bonds is 1. The van der Waals surface area contributed by atoms with Crippen molar-refractivity contribution in [2.45, 2.75) is 0 Å². The lowest BCUT2D eigenvalue weighted by Gasteiger charge is -2.03. The number of benzene rings is 1. The van der Waals surface area contributed by atoms with E-state index in [0.717, 1.165) is 0 Å². The number of carbonyl (C=O) groups is 1. The molecule has 0 saturated carbocycles. The van der Waals surface area contributed by atoms with Crippen LogP contribution in [0.3, 0.4) is 0 Å². The highest BCUT2D eigenvalue weighted by Crippen LogP contribution is 2.22. The molecule has 0 unspecified atom stereocenters. The van der Waals surface area contributed by atoms with Gasteiger partial charge in [-0.1, -0.05) is 0 Å². The van der Waals surface area contributed by atoms with Gasteiger partial charge in [-0.25, -0.2) is 36.7 Å². The predicted octanol–water partition coefficient (Wildman–Crippen LogP) is 3.66. The summed E-state index contributed by atoms with van der Waals surface area (Å²) < 4.78 is 63.4. The van der Waals surface area contributed by atoms with Gasteiger partial charge in [-0.3, -0.25) is 0 Å². The first-order valence-corrected chi connectivity index (χ1v) is 6.84. The average molecular weight is 465 g/mol. The van der Waals surface area contributed by atoms with Crippen LogP contribution in [0.2, 0.25) is 0 Å². The number of aromatic nitrogens is 2. The lowest BCUT2D eigenvalue weighted by molar-refractivity contribution is 0.0682. The Morgan fingerprint density at radius 2 is 1.43 bits per heavy atom. The topological polar surface area (TPSA) is 89.1 Å². The van der Waals surface area contributed by atoms with Crippen LogP contribution in [0.25, 0.3) is 0 Å². The van der Waals surface area contributed by atoms with E-state index in [1.165, 1.54) is 0 Å². The minimum Gasteiger partial charge on any atom is -0.477 e. The summed E-state index contributed by atoms with van der Waals surface area (Å²) >= 11 is 6.25. The van der Waals surface area contributed by atoms with Gasteiger partial charge in [-0.2, -0.15) is 0 Å². The second-order valence-corrected chi connectivity index (χ2v) is 5.18. The normalized spacial score (nSPS) is 10.0. The van der Waals surface area contributed by atoms with E-state index < -0.39 is 40.6 Å². The zero-order valence-electron chi connectivity index (χ0n) is 10.6. The smallest absolute Gasteiger partial charge is 0.341 e. The Morgan fingerprint density at radius 1 is 1.00 bits per heavy atom. The van der Waals surface area contributed by atoms with E-state index >= 15 is 0 Å². The average Bonchev–Trinajstić information content (AvgIpc) is 2.48. The molecule has 1 aromatic heterocycles. The first-order chi connectivity index (χ1) is 10.6. The molecule has 1 heterocycles. The van der Waals surface area contributed by atoms with Gasteiger partial charge in [0.25, 0.3) is 0 Å². The third-order valence-corrected chi connectivity index (χ3v) is 3.12. The number of nitrogens with zero attached hydrogens (tertiary/aromatic N) is 2. The van der Waals surface area contributed by atoms with Crippen molar-refractivity contribution < 1.29 is 31.9 Å². The van der Waals surface area contributed by atoms with Crippen molar-refractivity contribution in [2.24, 2.45) is 0 Å². The van der Waals surface area contributed by atoms with Crippen LogP contribution in [-0.4, -0.2) is 21.0 Å². The van der Waals surface area contributed by atoms with Crippen LogP contribution in [-0.2, 0) is 0 Å². The zero-order chi connectivity index (χ0) is 17.9. The van der Waals surface area contributed by atoms with Gasteiger partial charge in [0.05, 0.1) is 6.20 Å². The second-order valence-electron chi connectivity index (χ2n) is 3.62. The lowest BCUT2D eigenvalue weighted by atomic mass is 10.1. The lowest BCUT2D eigenvalue weighted by Crippen LogP contribution is -2.11. The van der Waals surface area contributed by atoms with Gasteiger partial charge >= 0.3 is 5.97 Å². The molecule has 23 heavy (non-hydrogen) atoms. The fourth-order valence-corrected chi connectivity index (χ4v) is 1.96. The Labute approximate surface area is 141 Å². The Morgan fingerprint density at radius 3 is 1.78 bits per heavy atom. The van der Waals surface area contributed by atoms with Crippen molar-refractivity contribution in [2.75, 3.05) is 5.73 Å². The molecule has 5 nitrogen and oxygen atoms in total. The molecule has 0 aliphatic rings. The van der Waals surface area contributed by atoms with Crippen LogP contribution in [0.4, 0.5) is 27.8 Å². The molecule has 2 aromatic rings. The number of nitrogens with two attached hydrogens (primary N) is 1. The van der Waals surface area contributed by atoms with Crippen molar-refractivity contribution >= 4 is 43.6 Å². The number of carboxylic acids is 1. The molecule has 3 N–H and O–H groups in total. The van der Waals surface area contributed by atoms with Crippen LogP contribution >= 0.6 is 31.9 Å². The Kier molecular flexibility index (Phi) is 6.38. The van der Waals surface area contributed by atoms with Crippen molar-refractivity contribution in [3.8, 4) is 0 Å². The number of halogens is 7. The first kappa shape index (κ1) is 19.2. The van der Waals surface area contributed by atoms with Crippen LogP contribution in [0.5, 0.6) is 0 Å². The Hall–Kier alpha value is -1.82. The standard InChI is InChI=1S/C7HF5O2.C4H3Br2N3/c8-2-1(7(13)14)3(9)5(11)6(12)4(2)10;5-2-1-8-4(7)3(6)9-2/h(H,13,14);1H,(H2,7,8). The zero-order valence-corrected chi connectivity index (χ0v) is 13.7. The van der Waals surface area contributed by atoms with Crippen LogP contribution in [0.1, 0.15) is 10.4 Å². The van der Waals surface area contributed by atoms with E-state index in [9.17, 15) is 26.7 Å². The monoisotopic (exact) mass is 463 g/mol. The molecule has 124 valence electrons. The van der Waals surface area contributed by atoms with Crippen LogP contribution < -0.4 is 5.73 Å². The minimum atomic E-state index is -2.38. The van der Waals surface area contributed by atoms with Crippen molar-refractivity contribution in [3.63, 3.8) is 0 Å². The molecule has 0 atom stereocenters. The number of aromatic carboxylic acids is 1. The van der Waals surface area contributed by atoms with Crippen LogP contribution in [0.15, 0.2) is 15.4 Å². The third-order valence-electron chi connectivity index (χ3n) is 2.15. The third kappa shape index (κ3) is 4.34. The highest BCUT2D eigenvalue weighted by atomic mass is 79.9. The summed E-state index contributed by atoms with van der Waals surface area (Å²) in [6, 6.07) is 0. The summed E-state index contributed by atoms with van der Waals surface area (Å²) in [4.78, 5) is 17.8. The minimum absolute atomic E-state index is 0.401. The molecule has 0 spiro atoms. The molecule has 0 aliphatic carbocycles. The number of carboxylic acid groups (broad SMARTS) is 1. The fraction of sp³-hybridized carbons (Fsp3) is 0. The molecule has 12 heteroatoms. The summed E-state index contributed by atoms with van der Waals surface area (Å²) in [5, 5.41) is 8.15. The molecule has 1 aromatic carbocycles. The quantitative estimate of drug-likeness (QED) is 0.382. The number of hydrogen-bond acceptors (Lipinski definition) is 4. The van der Waals surface area contributed by atoms with E-state index in [1.807, 2.05) is 0 Å². The summed E-state index contributed by atoms with van der Waals surface area (Å²) in [5.74, 6) is -13.5. The van der Waals surface area contributed by atoms with Crippen molar-refractivity contribution in [3.05, 3.63) is 50.1 Å². The molecule has 0 bridgehead atoms. The largest absolute Gasteiger partial charge is 0.477 e. The number of hydrogen-bond donors (Lipinski definition) is 2. The van der Waals surface area contributed by atoms with E-state index in [0.29, 0.717) is 15.0 Å². The predicted molar refractivity (Wildman–Crippen MR) is 75.0 cm³/mol. The molecule has 0 saturated heterocycles. The number of nitrogen functional groups attached to an aromatic ring is 1. The number of anilines is 1. The summed E-state index contributed by atoms with van der Waals surface area (Å²) in [6.07, 6.45) is 1.54. The maximum absolute atomic E-state index is 12.6. The van der Waals surface area contributed by atoms with Gasteiger partial charge in [0, 0.05) is 0 Å². The maximum atomic E-state index is 12.6. The van der Waals surface area contributed by atoms with Crippen LogP contribution in [0, 0.1) is 29.1 Å². The van der Waals surface area contributed by atoms with Gasteiger partial charge in [0.1, 0.15) is 14.8 Å². The Balaban J connectivity index is 0.000000253. The summed E-state index contributed by atoms with van der Waals surface area (Å²) in [5.41, 5.74) is 3.49. The second kappa shape index (κ2) is 7.64. The molecule has 0 aliphatic heterocycles. The highest BCUT2D eigenvalue weighted by Gasteiger charge is 2.29. The van der Waals surface area contributed by atoms with E-state index in [2.05, 4.69) is 41.8 Å².